The van der Waals surface area contributed by atoms with Gasteiger partial charge in [0.05, 0.1) is 31.3 Å². The molecule has 0 fully saturated rings. The molecule has 294 valence electrons. The molecular weight excluding hydrogens is 618 g/mol. The van der Waals surface area contributed by atoms with Gasteiger partial charge in [-0.25, -0.2) is 0 Å². The summed E-state index contributed by atoms with van der Waals surface area (Å²) in [6, 6.07) is -0.764. The standard InChI is InChI=1S/C45H85NO4/c1-3-5-7-9-11-13-15-17-18-19-20-21-22-23-24-25-27-29-31-33-35-37-39-44(49)43(41-47)46-45(50)40-42(48)38-36-34-32-30-28-26-16-14-12-10-8-6-4-2/h23-24,29,31,37,39,42-44,47-49H,3-22,25-28,30,32-36,38,40-41H2,1-2H3,(H,46,50)/b24-23+,31-29+,39-37+. The minimum atomic E-state index is -0.957. The number of aliphatic hydroxyl groups is 3. The fourth-order valence-corrected chi connectivity index (χ4v) is 6.55. The van der Waals surface area contributed by atoms with Gasteiger partial charge in [0.1, 0.15) is 0 Å². The van der Waals surface area contributed by atoms with Gasteiger partial charge < -0.3 is 20.6 Å². The number of nitrogens with one attached hydrogen (secondary N) is 1. The number of carbonyl (C=O) groups is 1. The van der Waals surface area contributed by atoms with Gasteiger partial charge in [-0.3, -0.25) is 4.79 Å². The Bertz CT molecular complexity index is 779. The average molecular weight is 704 g/mol. The first-order valence-electron chi connectivity index (χ1n) is 21.8. The van der Waals surface area contributed by atoms with Gasteiger partial charge in [0.15, 0.2) is 0 Å². The predicted molar refractivity (Wildman–Crippen MR) is 218 cm³/mol. The fourth-order valence-electron chi connectivity index (χ4n) is 6.55. The Morgan fingerprint density at radius 2 is 0.860 bits per heavy atom. The molecule has 3 unspecified atom stereocenters. The SMILES string of the molecule is CCCCCCCCCCCCCC/C=C/CC/C=C/CC/C=C/C(O)C(CO)NC(=O)CC(O)CCCCCCCCCCCCCCC. The minimum Gasteiger partial charge on any atom is -0.394 e. The topological polar surface area (TPSA) is 89.8 Å². The van der Waals surface area contributed by atoms with E-state index in [0.717, 1.165) is 38.5 Å². The van der Waals surface area contributed by atoms with Crippen LogP contribution in [0.5, 0.6) is 0 Å². The lowest BCUT2D eigenvalue weighted by molar-refractivity contribution is -0.124. The molecule has 0 radical (unpaired) electrons. The first-order valence-corrected chi connectivity index (χ1v) is 21.8. The third-order valence-electron chi connectivity index (χ3n) is 9.91. The van der Waals surface area contributed by atoms with E-state index in [1.807, 2.05) is 6.08 Å². The van der Waals surface area contributed by atoms with Gasteiger partial charge in [-0.05, 0) is 44.9 Å². The maximum atomic E-state index is 12.4. The molecule has 0 saturated heterocycles. The summed E-state index contributed by atoms with van der Waals surface area (Å²) in [4.78, 5) is 12.4. The molecule has 0 saturated carbocycles. The van der Waals surface area contributed by atoms with Gasteiger partial charge in [0, 0.05) is 0 Å². The van der Waals surface area contributed by atoms with E-state index >= 15 is 0 Å². The van der Waals surface area contributed by atoms with Gasteiger partial charge in [-0.2, -0.15) is 0 Å². The Kier molecular flexibility index (Phi) is 39.2. The van der Waals surface area contributed by atoms with E-state index in [4.69, 9.17) is 0 Å². The molecule has 0 aromatic carbocycles. The molecule has 0 aliphatic rings. The van der Waals surface area contributed by atoms with Crippen LogP contribution in [0.2, 0.25) is 0 Å². The van der Waals surface area contributed by atoms with Gasteiger partial charge in [0.2, 0.25) is 5.91 Å². The Morgan fingerprint density at radius 1 is 0.500 bits per heavy atom. The smallest absolute Gasteiger partial charge is 0.222 e. The van der Waals surface area contributed by atoms with Crippen LogP contribution in [0, 0.1) is 0 Å². The summed E-state index contributed by atoms with van der Waals surface area (Å²) in [5, 5.41) is 33.1. The van der Waals surface area contributed by atoms with Crippen molar-refractivity contribution in [1.82, 2.24) is 5.32 Å². The summed E-state index contributed by atoms with van der Waals surface area (Å²) in [6.45, 7) is 4.19. The molecule has 0 bridgehead atoms. The van der Waals surface area contributed by atoms with E-state index in [-0.39, 0.29) is 18.9 Å². The summed E-state index contributed by atoms with van der Waals surface area (Å²) < 4.78 is 0. The van der Waals surface area contributed by atoms with Crippen molar-refractivity contribution < 1.29 is 20.1 Å². The molecule has 0 aliphatic carbocycles. The number of carbonyl (C=O) groups excluding carboxylic acids is 1. The summed E-state index contributed by atoms with van der Waals surface area (Å²) in [7, 11) is 0. The Labute approximate surface area is 311 Å². The van der Waals surface area contributed by atoms with Crippen LogP contribution >= 0.6 is 0 Å². The molecule has 5 heteroatoms. The quantitative estimate of drug-likeness (QED) is 0.0379. The number of unbranched alkanes of at least 4 members (excludes halogenated alkanes) is 26. The summed E-state index contributed by atoms with van der Waals surface area (Å²) in [5.74, 6) is -0.329. The average Bonchev–Trinajstić information content (AvgIpc) is 3.11. The van der Waals surface area contributed by atoms with Crippen LogP contribution in [0.1, 0.15) is 219 Å². The number of aliphatic hydroxyl groups excluding tert-OH is 3. The van der Waals surface area contributed by atoms with Gasteiger partial charge in [-0.1, -0.05) is 204 Å². The molecule has 0 heterocycles. The number of allylic oxidation sites excluding steroid dienone is 5. The molecule has 5 nitrogen and oxygen atoms in total. The van der Waals surface area contributed by atoms with Crippen molar-refractivity contribution in [3.63, 3.8) is 0 Å². The first kappa shape index (κ1) is 48.6. The van der Waals surface area contributed by atoms with Crippen molar-refractivity contribution in [3.8, 4) is 0 Å². The third kappa shape index (κ3) is 36.4. The maximum absolute atomic E-state index is 12.4. The molecule has 0 spiro atoms. The summed E-state index contributed by atoms with van der Waals surface area (Å²) in [5.41, 5.74) is 0. The molecular formula is C45H85NO4. The Balaban J connectivity index is 3.74. The highest BCUT2D eigenvalue weighted by Crippen LogP contribution is 2.15. The van der Waals surface area contributed by atoms with E-state index in [1.54, 1.807) is 6.08 Å². The Hall–Kier alpha value is -1.43. The van der Waals surface area contributed by atoms with Crippen LogP contribution < -0.4 is 5.32 Å². The summed E-state index contributed by atoms with van der Waals surface area (Å²) >= 11 is 0. The third-order valence-corrected chi connectivity index (χ3v) is 9.91. The van der Waals surface area contributed by atoms with Crippen LogP contribution in [-0.2, 0) is 4.79 Å². The zero-order valence-corrected chi connectivity index (χ0v) is 33.3. The second-order valence-corrected chi connectivity index (χ2v) is 14.9. The molecule has 0 aromatic heterocycles. The maximum Gasteiger partial charge on any atom is 0.222 e. The first-order chi connectivity index (χ1) is 24.5. The number of hydrogen-bond acceptors (Lipinski definition) is 4. The van der Waals surface area contributed by atoms with Gasteiger partial charge >= 0.3 is 0 Å². The van der Waals surface area contributed by atoms with Crippen molar-refractivity contribution in [3.05, 3.63) is 36.5 Å². The van der Waals surface area contributed by atoms with Crippen LogP contribution in [-0.4, -0.2) is 46.1 Å². The fraction of sp³-hybridized carbons (Fsp3) is 0.844. The van der Waals surface area contributed by atoms with E-state index in [2.05, 4.69) is 43.5 Å². The van der Waals surface area contributed by atoms with E-state index in [9.17, 15) is 20.1 Å². The highest BCUT2D eigenvalue weighted by Gasteiger charge is 2.20. The molecule has 4 N–H and O–H groups in total. The molecule has 0 aliphatic heterocycles. The van der Waals surface area contributed by atoms with Crippen molar-refractivity contribution in [2.45, 2.75) is 238 Å². The van der Waals surface area contributed by atoms with Crippen molar-refractivity contribution in [1.29, 1.82) is 0 Å². The van der Waals surface area contributed by atoms with Crippen molar-refractivity contribution >= 4 is 5.91 Å². The summed E-state index contributed by atoms with van der Waals surface area (Å²) in [6.07, 6.45) is 50.0. The van der Waals surface area contributed by atoms with Crippen LogP contribution in [0.15, 0.2) is 36.5 Å². The van der Waals surface area contributed by atoms with Crippen LogP contribution in [0.25, 0.3) is 0 Å². The molecule has 0 aromatic rings. The highest BCUT2D eigenvalue weighted by molar-refractivity contribution is 5.76. The monoisotopic (exact) mass is 704 g/mol. The predicted octanol–water partition coefficient (Wildman–Crippen LogP) is 12.4. The molecule has 0 rings (SSSR count). The van der Waals surface area contributed by atoms with E-state index in [1.165, 1.54) is 154 Å². The minimum absolute atomic E-state index is 0.00454. The second-order valence-electron chi connectivity index (χ2n) is 14.9. The molecule has 50 heavy (non-hydrogen) atoms. The molecule has 3 atom stereocenters. The number of rotatable bonds is 39. The van der Waals surface area contributed by atoms with Crippen molar-refractivity contribution in [2.75, 3.05) is 6.61 Å². The zero-order chi connectivity index (χ0) is 36.6. The number of hydrogen-bond donors (Lipinski definition) is 4. The van der Waals surface area contributed by atoms with Crippen molar-refractivity contribution in [2.24, 2.45) is 0 Å². The lowest BCUT2D eigenvalue weighted by atomic mass is 10.0. The molecule has 1 amide bonds. The van der Waals surface area contributed by atoms with E-state index in [0.29, 0.717) is 6.42 Å². The lowest BCUT2D eigenvalue weighted by Crippen LogP contribution is -2.45. The zero-order valence-electron chi connectivity index (χ0n) is 33.3. The Morgan fingerprint density at radius 3 is 1.28 bits per heavy atom. The van der Waals surface area contributed by atoms with Gasteiger partial charge in [-0.15, -0.1) is 0 Å². The van der Waals surface area contributed by atoms with E-state index < -0.39 is 18.2 Å². The van der Waals surface area contributed by atoms with Gasteiger partial charge in [0.25, 0.3) is 0 Å². The normalized spacial score (nSPS) is 13.9. The lowest BCUT2D eigenvalue weighted by Gasteiger charge is -2.21. The second kappa shape index (κ2) is 40.3. The van der Waals surface area contributed by atoms with Crippen LogP contribution in [0.4, 0.5) is 0 Å². The highest BCUT2D eigenvalue weighted by atomic mass is 16.3. The van der Waals surface area contributed by atoms with Crippen LogP contribution in [0.3, 0.4) is 0 Å². The number of amides is 1. The largest absolute Gasteiger partial charge is 0.394 e.